The summed E-state index contributed by atoms with van der Waals surface area (Å²) in [5.41, 5.74) is 2.46. The van der Waals surface area contributed by atoms with E-state index in [4.69, 9.17) is 0 Å². The molecule has 0 saturated carbocycles. The van der Waals surface area contributed by atoms with Crippen LogP contribution in [-0.4, -0.2) is 28.6 Å². The van der Waals surface area contributed by atoms with Gasteiger partial charge in [0.2, 0.25) is 5.91 Å². The van der Waals surface area contributed by atoms with Gasteiger partial charge in [-0.25, -0.2) is 0 Å². The number of hydrogen-bond acceptors (Lipinski definition) is 2. The van der Waals surface area contributed by atoms with Gasteiger partial charge in [0.1, 0.15) is 0 Å². The van der Waals surface area contributed by atoms with Gasteiger partial charge in [-0.3, -0.25) is 4.79 Å². The second-order valence-corrected chi connectivity index (χ2v) is 4.25. The molecule has 1 N–H and O–H groups in total. The van der Waals surface area contributed by atoms with E-state index in [0.717, 1.165) is 6.42 Å². The van der Waals surface area contributed by atoms with Crippen LogP contribution in [0.3, 0.4) is 0 Å². The highest BCUT2D eigenvalue weighted by molar-refractivity contribution is 5.79. The number of carbonyl (C=O) groups is 1. The molecular formula is C13H17NO2. The first kappa shape index (κ1) is 11.1. The van der Waals surface area contributed by atoms with Crippen LogP contribution in [0.25, 0.3) is 0 Å². The van der Waals surface area contributed by atoms with Gasteiger partial charge in [0.25, 0.3) is 0 Å². The van der Waals surface area contributed by atoms with E-state index >= 15 is 0 Å². The quantitative estimate of drug-likeness (QED) is 0.833. The third-order valence-corrected chi connectivity index (χ3v) is 3.05. The van der Waals surface area contributed by atoms with Gasteiger partial charge in [-0.2, -0.15) is 0 Å². The average molecular weight is 219 g/mol. The number of aliphatic hydroxyl groups excluding tert-OH is 1. The van der Waals surface area contributed by atoms with E-state index in [1.807, 2.05) is 12.1 Å². The van der Waals surface area contributed by atoms with Crippen LogP contribution in [0.1, 0.15) is 24.5 Å². The molecule has 1 aliphatic heterocycles. The third kappa shape index (κ3) is 2.25. The first-order chi connectivity index (χ1) is 7.70. The fraction of sp³-hybridized carbons (Fsp3) is 0.462. The van der Waals surface area contributed by atoms with Crippen molar-refractivity contribution in [3.05, 3.63) is 35.4 Å². The molecule has 0 aromatic heterocycles. The third-order valence-electron chi connectivity index (χ3n) is 3.05. The molecule has 1 amide bonds. The van der Waals surface area contributed by atoms with Gasteiger partial charge < -0.3 is 10.0 Å². The Balaban J connectivity index is 2.12. The number of benzene rings is 1. The molecule has 86 valence electrons. The molecule has 16 heavy (non-hydrogen) atoms. The first-order valence-corrected chi connectivity index (χ1v) is 5.73. The van der Waals surface area contributed by atoms with E-state index in [1.54, 1.807) is 4.90 Å². The van der Waals surface area contributed by atoms with Crippen LogP contribution in [0.15, 0.2) is 24.3 Å². The van der Waals surface area contributed by atoms with E-state index in [2.05, 4.69) is 19.1 Å². The molecule has 2 rings (SSSR count). The Morgan fingerprint density at radius 1 is 1.38 bits per heavy atom. The lowest BCUT2D eigenvalue weighted by Crippen LogP contribution is -2.25. The highest BCUT2D eigenvalue weighted by Crippen LogP contribution is 2.17. The summed E-state index contributed by atoms with van der Waals surface area (Å²) in [6.45, 7) is 3.20. The summed E-state index contributed by atoms with van der Waals surface area (Å²) in [7, 11) is 0. The molecule has 1 heterocycles. The van der Waals surface area contributed by atoms with E-state index in [0.29, 0.717) is 13.1 Å². The lowest BCUT2D eigenvalue weighted by molar-refractivity contribution is -0.128. The van der Waals surface area contributed by atoms with E-state index in [-0.39, 0.29) is 12.3 Å². The number of amides is 1. The standard InChI is InChI=1S/C13H17NO2/c1-2-10-5-3-4-6-11(10)8-14-9-12(15)7-13(14)16/h3-6,12,15H,2,7-9H2,1H3. The number of carbonyl (C=O) groups excluding carboxylic acids is 1. The molecule has 1 aromatic carbocycles. The normalized spacial score (nSPS) is 20.5. The zero-order valence-corrected chi connectivity index (χ0v) is 9.52. The molecule has 1 atom stereocenters. The van der Waals surface area contributed by atoms with Crippen molar-refractivity contribution in [3.63, 3.8) is 0 Å². The number of aliphatic hydroxyl groups is 1. The van der Waals surface area contributed by atoms with Crippen LogP contribution in [0.4, 0.5) is 0 Å². The smallest absolute Gasteiger partial charge is 0.225 e. The van der Waals surface area contributed by atoms with Crippen LogP contribution in [0.2, 0.25) is 0 Å². The van der Waals surface area contributed by atoms with Gasteiger partial charge in [0.05, 0.1) is 12.5 Å². The predicted molar refractivity (Wildman–Crippen MR) is 61.9 cm³/mol. The number of rotatable bonds is 3. The largest absolute Gasteiger partial charge is 0.391 e. The number of β-amino-alcohol motifs (C(OH)–C–C–N with tert-alkyl or cyclic N) is 1. The highest BCUT2D eigenvalue weighted by Gasteiger charge is 2.27. The lowest BCUT2D eigenvalue weighted by Gasteiger charge is -2.17. The molecule has 3 nitrogen and oxygen atoms in total. The SMILES string of the molecule is CCc1ccccc1CN1CC(O)CC1=O. The number of hydrogen-bond donors (Lipinski definition) is 1. The van der Waals surface area contributed by atoms with Crippen molar-refractivity contribution in [3.8, 4) is 0 Å². The molecule has 1 aromatic rings. The summed E-state index contributed by atoms with van der Waals surface area (Å²) in [5, 5.41) is 9.41. The molecule has 1 saturated heterocycles. The fourth-order valence-electron chi connectivity index (χ4n) is 2.17. The Kier molecular flexibility index (Phi) is 3.25. The second kappa shape index (κ2) is 4.66. The number of nitrogens with zero attached hydrogens (tertiary/aromatic N) is 1. The molecule has 0 radical (unpaired) electrons. The maximum atomic E-state index is 11.6. The van der Waals surface area contributed by atoms with Crippen LogP contribution >= 0.6 is 0 Å². The Morgan fingerprint density at radius 2 is 2.06 bits per heavy atom. The maximum absolute atomic E-state index is 11.6. The van der Waals surface area contributed by atoms with Crippen molar-refractivity contribution in [2.75, 3.05) is 6.54 Å². The van der Waals surface area contributed by atoms with Gasteiger partial charge in [0, 0.05) is 13.1 Å². The summed E-state index contributed by atoms with van der Waals surface area (Å²) < 4.78 is 0. The molecule has 1 aliphatic rings. The van der Waals surface area contributed by atoms with Crippen LogP contribution in [0.5, 0.6) is 0 Å². The second-order valence-electron chi connectivity index (χ2n) is 4.25. The van der Waals surface area contributed by atoms with E-state index in [9.17, 15) is 9.90 Å². The lowest BCUT2D eigenvalue weighted by atomic mass is 10.1. The van der Waals surface area contributed by atoms with Crippen molar-refractivity contribution < 1.29 is 9.90 Å². The van der Waals surface area contributed by atoms with E-state index < -0.39 is 6.10 Å². The minimum atomic E-state index is -0.485. The summed E-state index contributed by atoms with van der Waals surface area (Å²) in [6.07, 6.45) is 0.760. The Bertz CT molecular complexity index is 389. The monoisotopic (exact) mass is 219 g/mol. The number of likely N-dealkylation sites (tertiary alicyclic amines) is 1. The van der Waals surface area contributed by atoms with Gasteiger partial charge >= 0.3 is 0 Å². The minimum absolute atomic E-state index is 0.0541. The molecule has 3 heteroatoms. The Labute approximate surface area is 95.7 Å². The summed E-state index contributed by atoms with van der Waals surface area (Å²) in [4.78, 5) is 13.3. The molecule has 1 unspecified atom stereocenters. The van der Waals surface area contributed by atoms with Gasteiger partial charge in [0.15, 0.2) is 0 Å². The first-order valence-electron chi connectivity index (χ1n) is 5.73. The zero-order valence-electron chi connectivity index (χ0n) is 9.52. The molecule has 0 spiro atoms. The van der Waals surface area contributed by atoms with Crippen molar-refractivity contribution in [2.45, 2.75) is 32.4 Å². The average Bonchev–Trinajstić information content (AvgIpc) is 2.58. The van der Waals surface area contributed by atoms with Crippen LogP contribution in [-0.2, 0) is 17.8 Å². The van der Waals surface area contributed by atoms with Crippen molar-refractivity contribution in [1.82, 2.24) is 4.90 Å². The maximum Gasteiger partial charge on any atom is 0.225 e. The predicted octanol–water partition coefficient (Wildman–Crippen LogP) is 1.34. The Morgan fingerprint density at radius 3 is 2.62 bits per heavy atom. The van der Waals surface area contributed by atoms with Crippen LogP contribution < -0.4 is 0 Å². The topological polar surface area (TPSA) is 40.5 Å². The van der Waals surface area contributed by atoms with Crippen molar-refractivity contribution in [1.29, 1.82) is 0 Å². The van der Waals surface area contributed by atoms with Crippen LogP contribution in [0, 0.1) is 0 Å². The van der Waals surface area contributed by atoms with Gasteiger partial charge in [-0.05, 0) is 17.5 Å². The van der Waals surface area contributed by atoms with Crippen molar-refractivity contribution >= 4 is 5.91 Å². The van der Waals surface area contributed by atoms with Gasteiger partial charge in [-0.15, -0.1) is 0 Å². The highest BCUT2D eigenvalue weighted by atomic mass is 16.3. The van der Waals surface area contributed by atoms with Gasteiger partial charge in [-0.1, -0.05) is 31.2 Å². The minimum Gasteiger partial charge on any atom is -0.391 e. The summed E-state index contributed by atoms with van der Waals surface area (Å²) in [5.74, 6) is 0.0541. The number of aryl methyl sites for hydroxylation is 1. The molecule has 0 bridgehead atoms. The zero-order chi connectivity index (χ0) is 11.5. The molecular weight excluding hydrogens is 202 g/mol. The van der Waals surface area contributed by atoms with Crippen molar-refractivity contribution in [2.24, 2.45) is 0 Å². The molecule has 1 fully saturated rings. The summed E-state index contributed by atoms with van der Waals surface area (Å²) >= 11 is 0. The Hall–Kier alpha value is -1.35. The fourth-order valence-corrected chi connectivity index (χ4v) is 2.17. The van der Waals surface area contributed by atoms with E-state index in [1.165, 1.54) is 11.1 Å². The molecule has 0 aliphatic carbocycles. The summed E-state index contributed by atoms with van der Waals surface area (Å²) in [6, 6.07) is 8.15.